The van der Waals surface area contributed by atoms with E-state index in [9.17, 15) is 5.11 Å². The lowest BCUT2D eigenvalue weighted by Gasteiger charge is -2.28. The van der Waals surface area contributed by atoms with Crippen LogP contribution >= 0.6 is 27.3 Å². The fraction of sp³-hybridized carbons (Fsp3) is 0.636. The number of thiophene rings is 1. The van der Waals surface area contributed by atoms with E-state index in [1.165, 1.54) is 19.8 Å². The highest BCUT2D eigenvalue weighted by molar-refractivity contribution is 9.10. The van der Waals surface area contributed by atoms with E-state index in [0.717, 1.165) is 13.0 Å². The summed E-state index contributed by atoms with van der Waals surface area (Å²) < 4.78 is 6.43. The van der Waals surface area contributed by atoms with Gasteiger partial charge in [0.05, 0.1) is 12.7 Å². The molecule has 15 heavy (non-hydrogen) atoms. The number of halogens is 1. The van der Waals surface area contributed by atoms with Gasteiger partial charge in [0.15, 0.2) is 0 Å². The Hall–Kier alpha value is 0.100. The molecule has 1 aliphatic rings. The molecule has 0 aromatic carbocycles. The molecule has 0 amide bonds. The molecule has 1 N–H and O–H groups in total. The summed E-state index contributed by atoms with van der Waals surface area (Å²) in [6, 6.07) is 0. The first-order chi connectivity index (χ1) is 7.11. The first-order valence-electron chi connectivity index (χ1n) is 5.12. The summed E-state index contributed by atoms with van der Waals surface area (Å²) >= 11 is 5.42. The molecule has 0 saturated carbocycles. The van der Waals surface area contributed by atoms with Crippen LogP contribution in [0, 0.1) is 13.8 Å². The van der Waals surface area contributed by atoms with E-state index < -0.39 is 0 Å². The lowest BCUT2D eigenvalue weighted by Crippen LogP contribution is -2.30. The molecule has 0 spiro atoms. The van der Waals surface area contributed by atoms with Gasteiger partial charge < -0.3 is 9.84 Å². The standard InChI is InChI=1S/C11H15BrO2S/c1-6-10(11(12)7(2)15-6)8-3-4-14-5-9(8)13/h8-9,13H,3-5H2,1-2H3/t8-,9+/m0/s1. The van der Waals surface area contributed by atoms with E-state index in [-0.39, 0.29) is 12.0 Å². The molecule has 4 heteroatoms. The number of aliphatic hydroxyl groups is 1. The van der Waals surface area contributed by atoms with Crippen molar-refractivity contribution in [1.82, 2.24) is 0 Å². The van der Waals surface area contributed by atoms with Crippen molar-refractivity contribution in [2.45, 2.75) is 32.3 Å². The monoisotopic (exact) mass is 290 g/mol. The van der Waals surface area contributed by atoms with Gasteiger partial charge >= 0.3 is 0 Å². The molecule has 1 aromatic rings. The maximum Gasteiger partial charge on any atom is 0.0843 e. The average Bonchev–Trinajstić information content (AvgIpc) is 2.43. The van der Waals surface area contributed by atoms with Crippen molar-refractivity contribution < 1.29 is 9.84 Å². The fourth-order valence-corrected chi connectivity index (χ4v) is 4.14. The van der Waals surface area contributed by atoms with E-state index in [0.29, 0.717) is 6.61 Å². The Morgan fingerprint density at radius 1 is 1.40 bits per heavy atom. The van der Waals surface area contributed by atoms with Gasteiger partial charge in [-0.3, -0.25) is 0 Å². The number of aliphatic hydroxyl groups excluding tert-OH is 1. The van der Waals surface area contributed by atoms with Gasteiger partial charge in [-0.05, 0) is 41.8 Å². The predicted octanol–water partition coefficient (Wildman–Crippen LogP) is 2.99. The fourth-order valence-electron chi connectivity index (χ4n) is 2.16. The number of hydrogen-bond donors (Lipinski definition) is 1. The Morgan fingerprint density at radius 3 is 2.67 bits per heavy atom. The summed E-state index contributed by atoms with van der Waals surface area (Å²) in [6.45, 7) is 5.45. The maximum absolute atomic E-state index is 9.94. The van der Waals surface area contributed by atoms with Crippen LogP contribution in [0.15, 0.2) is 4.47 Å². The van der Waals surface area contributed by atoms with Gasteiger partial charge in [0.1, 0.15) is 0 Å². The van der Waals surface area contributed by atoms with Gasteiger partial charge in [-0.1, -0.05) is 0 Å². The second kappa shape index (κ2) is 4.53. The summed E-state index contributed by atoms with van der Waals surface area (Å²) in [7, 11) is 0. The molecule has 2 nitrogen and oxygen atoms in total. The molecule has 0 aliphatic carbocycles. The van der Waals surface area contributed by atoms with Crippen LogP contribution < -0.4 is 0 Å². The van der Waals surface area contributed by atoms with Crippen molar-refractivity contribution in [3.8, 4) is 0 Å². The number of aryl methyl sites for hydroxylation is 2. The quantitative estimate of drug-likeness (QED) is 0.862. The summed E-state index contributed by atoms with van der Waals surface area (Å²) in [5.41, 5.74) is 1.29. The third-order valence-electron chi connectivity index (χ3n) is 2.93. The van der Waals surface area contributed by atoms with Crippen LogP contribution in [0.2, 0.25) is 0 Å². The minimum atomic E-state index is -0.359. The molecular formula is C11H15BrO2S. The Kier molecular flexibility index (Phi) is 3.50. The molecule has 2 rings (SSSR count). The molecule has 1 aliphatic heterocycles. The largest absolute Gasteiger partial charge is 0.390 e. The van der Waals surface area contributed by atoms with Gasteiger partial charge in [0.25, 0.3) is 0 Å². The predicted molar refractivity (Wildman–Crippen MR) is 65.7 cm³/mol. The molecule has 84 valence electrons. The second-order valence-electron chi connectivity index (χ2n) is 3.98. The molecule has 1 saturated heterocycles. The highest BCUT2D eigenvalue weighted by atomic mass is 79.9. The van der Waals surface area contributed by atoms with Gasteiger partial charge in [0.2, 0.25) is 0 Å². The van der Waals surface area contributed by atoms with Crippen LogP contribution in [-0.2, 0) is 4.74 Å². The Labute approximate surface area is 102 Å². The van der Waals surface area contributed by atoms with Crippen LogP contribution in [0.25, 0.3) is 0 Å². The zero-order valence-corrected chi connectivity index (χ0v) is 11.3. The Morgan fingerprint density at radius 2 is 2.13 bits per heavy atom. The maximum atomic E-state index is 9.94. The summed E-state index contributed by atoms with van der Waals surface area (Å²) in [5.74, 6) is 0.234. The molecule has 1 aromatic heterocycles. The number of hydrogen-bond acceptors (Lipinski definition) is 3. The van der Waals surface area contributed by atoms with E-state index in [1.807, 2.05) is 0 Å². The normalized spacial score (nSPS) is 26.9. The third-order valence-corrected chi connectivity index (χ3v) is 5.25. The minimum absolute atomic E-state index is 0.234. The van der Waals surface area contributed by atoms with Crippen molar-refractivity contribution >= 4 is 27.3 Å². The van der Waals surface area contributed by atoms with Gasteiger partial charge in [0, 0.05) is 26.8 Å². The second-order valence-corrected chi connectivity index (χ2v) is 6.20. The topological polar surface area (TPSA) is 29.5 Å². The molecule has 0 bridgehead atoms. The van der Waals surface area contributed by atoms with Crippen LogP contribution in [-0.4, -0.2) is 24.4 Å². The molecule has 1 fully saturated rings. The van der Waals surface area contributed by atoms with Gasteiger partial charge in [-0.2, -0.15) is 0 Å². The van der Waals surface area contributed by atoms with Crippen molar-refractivity contribution in [3.63, 3.8) is 0 Å². The van der Waals surface area contributed by atoms with Gasteiger partial charge in [-0.25, -0.2) is 0 Å². The summed E-state index contributed by atoms with van der Waals surface area (Å²) in [4.78, 5) is 2.60. The lowest BCUT2D eigenvalue weighted by atomic mass is 9.89. The molecule has 0 unspecified atom stereocenters. The average molecular weight is 291 g/mol. The van der Waals surface area contributed by atoms with Crippen molar-refractivity contribution in [1.29, 1.82) is 0 Å². The van der Waals surface area contributed by atoms with Crippen LogP contribution in [0.5, 0.6) is 0 Å². The molecule has 2 atom stereocenters. The summed E-state index contributed by atoms with van der Waals surface area (Å²) in [5, 5.41) is 9.94. The van der Waals surface area contributed by atoms with Gasteiger partial charge in [-0.15, -0.1) is 11.3 Å². The van der Waals surface area contributed by atoms with E-state index in [4.69, 9.17) is 4.74 Å². The van der Waals surface area contributed by atoms with Crippen LogP contribution in [0.4, 0.5) is 0 Å². The van der Waals surface area contributed by atoms with Crippen molar-refractivity contribution in [2.75, 3.05) is 13.2 Å². The molecule has 2 heterocycles. The van der Waals surface area contributed by atoms with E-state index in [1.54, 1.807) is 11.3 Å². The number of ether oxygens (including phenoxy) is 1. The highest BCUT2D eigenvalue weighted by Crippen LogP contribution is 2.40. The Balaban J connectivity index is 2.35. The minimum Gasteiger partial charge on any atom is -0.390 e. The van der Waals surface area contributed by atoms with Crippen LogP contribution in [0.1, 0.15) is 27.7 Å². The zero-order valence-electron chi connectivity index (χ0n) is 8.92. The summed E-state index contributed by atoms with van der Waals surface area (Å²) in [6.07, 6.45) is 0.555. The lowest BCUT2D eigenvalue weighted by molar-refractivity contribution is -0.0206. The van der Waals surface area contributed by atoms with Crippen molar-refractivity contribution in [2.24, 2.45) is 0 Å². The highest BCUT2D eigenvalue weighted by Gasteiger charge is 2.29. The van der Waals surface area contributed by atoms with Crippen LogP contribution in [0.3, 0.4) is 0 Å². The number of rotatable bonds is 1. The first kappa shape index (κ1) is 11.6. The molecule has 0 radical (unpaired) electrons. The van der Waals surface area contributed by atoms with Crippen molar-refractivity contribution in [3.05, 3.63) is 19.8 Å². The Bertz CT molecular complexity index is 362. The zero-order chi connectivity index (χ0) is 11.0. The van der Waals surface area contributed by atoms with E-state index in [2.05, 4.69) is 29.8 Å². The first-order valence-corrected chi connectivity index (χ1v) is 6.73. The smallest absolute Gasteiger partial charge is 0.0843 e. The van der Waals surface area contributed by atoms with E-state index >= 15 is 0 Å². The SMILES string of the molecule is Cc1sc(C)c([C@H]2CCOC[C@H]2O)c1Br. The third kappa shape index (κ3) is 2.13. The molecular weight excluding hydrogens is 276 g/mol.